The van der Waals surface area contributed by atoms with E-state index in [1.807, 2.05) is 6.07 Å². The number of urea groups is 1. The van der Waals surface area contributed by atoms with Crippen molar-refractivity contribution in [2.24, 2.45) is 0 Å². The predicted molar refractivity (Wildman–Crippen MR) is 79.7 cm³/mol. The first-order valence-corrected chi connectivity index (χ1v) is 7.71. The molecule has 3 amide bonds. The third kappa shape index (κ3) is 4.23. The monoisotopic (exact) mass is 295 g/mol. The van der Waals surface area contributed by atoms with Crippen LogP contribution in [0.4, 0.5) is 4.79 Å². The minimum atomic E-state index is -0.0499. The molecule has 2 heterocycles. The standard InChI is InChI=1S/C14H21N3O2S/c1-10-5-6-13(20-10)8-15-14(19)17-7-3-4-12(9-17)16-11(2)18/h5-6,12H,3-4,7-9H2,1-2H3,(H,15,19)(H,16,18)/t12-/m1/s1. The van der Waals surface area contributed by atoms with Gasteiger partial charge in [-0.2, -0.15) is 0 Å². The van der Waals surface area contributed by atoms with E-state index in [9.17, 15) is 9.59 Å². The summed E-state index contributed by atoms with van der Waals surface area (Å²) >= 11 is 1.70. The van der Waals surface area contributed by atoms with Crippen molar-refractivity contribution >= 4 is 23.3 Å². The number of piperidine rings is 1. The van der Waals surface area contributed by atoms with Crippen LogP contribution in [0.1, 0.15) is 29.5 Å². The number of carbonyl (C=O) groups is 2. The quantitative estimate of drug-likeness (QED) is 0.894. The molecule has 0 aromatic carbocycles. The Balaban J connectivity index is 1.81. The Morgan fingerprint density at radius 2 is 2.25 bits per heavy atom. The summed E-state index contributed by atoms with van der Waals surface area (Å²) in [6.45, 7) is 5.48. The number of carbonyl (C=O) groups excluding carboxylic acids is 2. The highest BCUT2D eigenvalue weighted by Crippen LogP contribution is 2.15. The highest BCUT2D eigenvalue weighted by atomic mass is 32.1. The Hall–Kier alpha value is -1.56. The van der Waals surface area contributed by atoms with E-state index in [-0.39, 0.29) is 18.0 Å². The van der Waals surface area contributed by atoms with Gasteiger partial charge >= 0.3 is 6.03 Å². The zero-order chi connectivity index (χ0) is 14.5. The summed E-state index contributed by atoms with van der Waals surface area (Å²) in [6, 6.07) is 4.12. The second-order valence-electron chi connectivity index (χ2n) is 5.16. The van der Waals surface area contributed by atoms with Gasteiger partial charge in [0.1, 0.15) is 0 Å². The maximum absolute atomic E-state index is 12.1. The summed E-state index contributed by atoms with van der Waals surface area (Å²) in [7, 11) is 0. The summed E-state index contributed by atoms with van der Waals surface area (Å²) < 4.78 is 0. The predicted octanol–water partition coefficient (Wildman–Crippen LogP) is 1.87. The number of hydrogen-bond donors (Lipinski definition) is 2. The number of hydrogen-bond acceptors (Lipinski definition) is 3. The maximum atomic E-state index is 12.1. The zero-order valence-electron chi connectivity index (χ0n) is 11.9. The van der Waals surface area contributed by atoms with Gasteiger partial charge in [0.2, 0.25) is 5.91 Å². The van der Waals surface area contributed by atoms with Crippen molar-refractivity contribution in [2.45, 2.75) is 39.3 Å². The Morgan fingerprint density at radius 1 is 1.45 bits per heavy atom. The molecule has 2 rings (SSSR count). The number of thiophene rings is 1. The van der Waals surface area contributed by atoms with Gasteiger partial charge in [-0.1, -0.05) is 0 Å². The van der Waals surface area contributed by atoms with Crippen molar-refractivity contribution in [3.05, 3.63) is 21.9 Å². The normalized spacial score (nSPS) is 18.7. The van der Waals surface area contributed by atoms with Crippen molar-refractivity contribution in [2.75, 3.05) is 13.1 Å². The van der Waals surface area contributed by atoms with Crippen LogP contribution in [0.2, 0.25) is 0 Å². The van der Waals surface area contributed by atoms with Gasteiger partial charge in [0.25, 0.3) is 0 Å². The van der Waals surface area contributed by atoms with Gasteiger partial charge in [0, 0.05) is 35.8 Å². The van der Waals surface area contributed by atoms with Gasteiger partial charge in [-0.3, -0.25) is 4.79 Å². The van der Waals surface area contributed by atoms with Crippen molar-refractivity contribution in [1.29, 1.82) is 0 Å². The van der Waals surface area contributed by atoms with Crippen LogP contribution in [0.15, 0.2) is 12.1 Å². The van der Waals surface area contributed by atoms with Crippen LogP contribution in [0, 0.1) is 6.92 Å². The highest BCUT2D eigenvalue weighted by molar-refractivity contribution is 7.11. The third-order valence-corrected chi connectivity index (χ3v) is 4.33. The molecular weight excluding hydrogens is 274 g/mol. The number of aryl methyl sites for hydroxylation is 1. The molecule has 1 atom stereocenters. The second-order valence-corrected chi connectivity index (χ2v) is 6.53. The summed E-state index contributed by atoms with van der Waals surface area (Å²) in [5.41, 5.74) is 0. The lowest BCUT2D eigenvalue weighted by atomic mass is 10.1. The summed E-state index contributed by atoms with van der Waals surface area (Å²) in [4.78, 5) is 27.4. The lowest BCUT2D eigenvalue weighted by Gasteiger charge is -2.32. The van der Waals surface area contributed by atoms with E-state index in [4.69, 9.17) is 0 Å². The van der Waals surface area contributed by atoms with Gasteiger partial charge in [-0.15, -0.1) is 11.3 Å². The largest absolute Gasteiger partial charge is 0.352 e. The van der Waals surface area contributed by atoms with Gasteiger partial charge < -0.3 is 15.5 Å². The second kappa shape index (κ2) is 6.74. The summed E-state index contributed by atoms with van der Waals surface area (Å²) in [5, 5.41) is 5.83. The molecule has 0 saturated carbocycles. The van der Waals surface area contributed by atoms with E-state index in [0.29, 0.717) is 13.1 Å². The molecule has 0 aliphatic carbocycles. The number of likely N-dealkylation sites (tertiary alicyclic amines) is 1. The first-order chi connectivity index (χ1) is 9.54. The molecule has 1 aromatic heterocycles. The van der Waals surface area contributed by atoms with E-state index < -0.39 is 0 Å². The van der Waals surface area contributed by atoms with E-state index >= 15 is 0 Å². The Kier molecular flexibility index (Phi) is 5.00. The van der Waals surface area contributed by atoms with Crippen LogP contribution in [0.25, 0.3) is 0 Å². The van der Waals surface area contributed by atoms with Crippen LogP contribution in [0.3, 0.4) is 0 Å². The average Bonchev–Trinajstić information content (AvgIpc) is 2.81. The van der Waals surface area contributed by atoms with Crippen LogP contribution < -0.4 is 10.6 Å². The number of nitrogens with zero attached hydrogens (tertiary/aromatic N) is 1. The molecule has 1 fully saturated rings. The van der Waals surface area contributed by atoms with E-state index in [1.54, 1.807) is 16.2 Å². The molecule has 0 bridgehead atoms. The Morgan fingerprint density at radius 3 is 2.90 bits per heavy atom. The fourth-order valence-corrected chi connectivity index (χ4v) is 3.25. The van der Waals surface area contributed by atoms with Gasteiger partial charge in [0.15, 0.2) is 0 Å². The smallest absolute Gasteiger partial charge is 0.317 e. The molecule has 110 valence electrons. The van der Waals surface area contributed by atoms with Crippen molar-refractivity contribution in [1.82, 2.24) is 15.5 Å². The topological polar surface area (TPSA) is 61.4 Å². The van der Waals surface area contributed by atoms with Crippen LogP contribution in [-0.4, -0.2) is 36.0 Å². The van der Waals surface area contributed by atoms with Gasteiger partial charge in [0.05, 0.1) is 6.54 Å². The SMILES string of the molecule is CC(=O)N[C@@H]1CCCN(C(=O)NCc2ccc(C)s2)C1. The molecule has 1 aromatic rings. The maximum Gasteiger partial charge on any atom is 0.317 e. The molecule has 1 saturated heterocycles. The lowest BCUT2D eigenvalue weighted by molar-refractivity contribution is -0.119. The zero-order valence-corrected chi connectivity index (χ0v) is 12.8. The van der Waals surface area contributed by atoms with E-state index in [0.717, 1.165) is 24.3 Å². The fourth-order valence-electron chi connectivity index (χ4n) is 2.42. The van der Waals surface area contributed by atoms with Crippen LogP contribution >= 0.6 is 11.3 Å². The van der Waals surface area contributed by atoms with E-state index in [2.05, 4.69) is 23.6 Å². The van der Waals surface area contributed by atoms with Crippen LogP contribution in [0.5, 0.6) is 0 Å². The number of nitrogens with one attached hydrogen (secondary N) is 2. The fraction of sp³-hybridized carbons (Fsp3) is 0.571. The minimum Gasteiger partial charge on any atom is -0.352 e. The molecule has 2 N–H and O–H groups in total. The molecule has 0 radical (unpaired) electrons. The molecule has 1 aliphatic rings. The van der Waals surface area contributed by atoms with Gasteiger partial charge in [-0.05, 0) is 31.9 Å². The molecule has 20 heavy (non-hydrogen) atoms. The molecular formula is C14H21N3O2S. The van der Waals surface area contributed by atoms with Crippen LogP contribution in [-0.2, 0) is 11.3 Å². The molecule has 0 spiro atoms. The van der Waals surface area contributed by atoms with Crippen molar-refractivity contribution in [3.8, 4) is 0 Å². The third-order valence-electron chi connectivity index (χ3n) is 3.33. The minimum absolute atomic E-state index is 0.0358. The molecule has 6 heteroatoms. The molecule has 5 nitrogen and oxygen atoms in total. The Labute approximate surface area is 123 Å². The first-order valence-electron chi connectivity index (χ1n) is 6.90. The van der Waals surface area contributed by atoms with Crippen molar-refractivity contribution < 1.29 is 9.59 Å². The number of rotatable bonds is 3. The van der Waals surface area contributed by atoms with Crippen molar-refractivity contribution in [3.63, 3.8) is 0 Å². The van der Waals surface area contributed by atoms with E-state index in [1.165, 1.54) is 11.8 Å². The van der Waals surface area contributed by atoms with Gasteiger partial charge in [-0.25, -0.2) is 4.79 Å². The highest BCUT2D eigenvalue weighted by Gasteiger charge is 2.23. The lowest BCUT2D eigenvalue weighted by Crippen LogP contribution is -2.51. The average molecular weight is 295 g/mol. The summed E-state index contributed by atoms with van der Waals surface area (Å²) in [5.74, 6) is -0.0358. The summed E-state index contributed by atoms with van der Waals surface area (Å²) in [6.07, 6.45) is 1.87. The first kappa shape index (κ1) is 14.8. The molecule has 1 aliphatic heterocycles. The molecule has 0 unspecified atom stereocenters. The Bertz CT molecular complexity index is 487. The number of amides is 3.